The molecule has 2 heteroatoms. The summed E-state index contributed by atoms with van der Waals surface area (Å²) in [4.78, 5) is 0. The van der Waals surface area contributed by atoms with Crippen molar-refractivity contribution < 1.29 is 4.74 Å². The van der Waals surface area contributed by atoms with E-state index in [0.717, 1.165) is 25.7 Å². The van der Waals surface area contributed by atoms with Gasteiger partial charge in [0.15, 0.2) is 5.60 Å². The first-order chi connectivity index (χ1) is 5.33. The van der Waals surface area contributed by atoms with Crippen LogP contribution in [-0.2, 0) is 4.74 Å². The number of hydrogen-bond acceptors (Lipinski definition) is 2. The average Bonchev–Trinajstić information content (AvgIpc) is 2.07. The normalized spacial score (nSPS) is 22.5. The van der Waals surface area contributed by atoms with E-state index in [9.17, 15) is 0 Å². The van der Waals surface area contributed by atoms with Gasteiger partial charge in [-0.2, -0.15) is 5.26 Å². The van der Waals surface area contributed by atoms with Crippen LogP contribution in [0.25, 0.3) is 0 Å². The van der Waals surface area contributed by atoms with Crippen LogP contribution in [0.2, 0.25) is 0 Å². The van der Waals surface area contributed by atoms with Crippen molar-refractivity contribution in [3.05, 3.63) is 0 Å². The first-order valence-electron chi connectivity index (χ1n) is 4.38. The second-order valence-electron chi connectivity index (χ2n) is 3.10. The van der Waals surface area contributed by atoms with Gasteiger partial charge in [0.05, 0.1) is 6.07 Å². The SMILES string of the molecule is CCOC1(C#N)CCCCC1. The van der Waals surface area contributed by atoms with Gasteiger partial charge in [0.25, 0.3) is 0 Å². The zero-order valence-corrected chi connectivity index (χ0v) is 7.10. The fraction of sp³-hybridized carbons (Fsp3) is 0.889. The first kappa shape index (κ1) is 8.55. The number of nitrogens with zero attached hydrogens (tertiary/aromatic N) is 1. The summed E-state index contributed by atoms with van der Waals surface area (Å²) in [5.74, 6) is 0. The largest absolute Gasteiger partial charge is 0.360 e. The fourth-order valence-corrected chi connectivity index (χ4v) is 1.69. The Hall–Kier alpha value is -0.550. The maximum absolute atomic E-state index is 8.90. The van der Waals surface area contributed by atoms with Crippen LogP contribution in [0.3, 0.4) is 0 Å². The molecule has 1 fully saturated rings. The van der Waals surface area contributed by atoms with E-state index >= 15 is 0 Å². The molecule has 2 nitrogen and oxygen atoms in total. The highest BCUT2D eigenvalue weighted by atomic mass is 16.5. The summed E-state index contributed by atoms with van der Waals surface area (Å²) in [5.41, 5.74) is -0.424. The Morgan fingerprint density at radius 3 is 2.45 bits per heavy atom. The monoisotopic (exact) mass is 153 g/mol. The Bertz CT molecular complexity index is 148. The van der Waals surface area contributed by atoms with E-state index in [-0.39, 0.29) is 0 Å². The van der Waals surface area contributed by atoms with Crippen molar-refractivity contribution in [3.63, 3.8) is 0 Å². The Labute approximate surface area is 68.2 Å². The molecule has 0 unspecified atom stereocenters. The standard InChI is InChI=1S/C9H15NO/c1-2-11-9(8-10)6-4-3-5-7-9/h2-7H2,1H3. The third kappa shape index (κ3) is 1.94. The molecule has 0 spiro atoms. The molecule has 0 amide bonds. The molecule has 1 rings (SSSR count). The molecule has 62 valence electrons. The fourth-order valence-electron chi connectivity index (χ4n) is 1.69. The molecule has 0 bridgehead atoms. The van der Waals surface area contributed by atoms with Gasteiger partial charge in [-0.15, -0.1) is 0 Å². The number of ether oxygens (including phenoxy) is 1. The van der Waals surface area contributed by atoms with Gasteiger partial charge < -0.3 is 4.74 Å². The van der Waals surface area contributed by atoms with Crippen molar-refractivity contribution in [3.8, 4) is 6.07 Å². The zero-order valence-electron chi connectivity index (χ0n) is 7.10. The third-order valence-corrected chi connectivity index (χ3v) is 2.29. The highest BCUT2D eigenvalue weighted by Gasteiger charge is 2.32. The lowest BCUT2D eigenvalue weighted by Crippen LogP contribution is -2.33. The van der Waals surface area contributed by atoms with Gasteiger partial charge in [-0.3, -0.25) is 0 Å². The third-order valence-electron chi connectivity index (χ3n) is 2.29. The molecule has 1 aliphatic rings. The second kappa shape index (κ2) is 3.73. The molecule has 0 atom stereocenters. The summed E-state index contributed by atoms with van der Waals surface area (Å²) in [5, 5.41) is 8.90. The Morgan fingerprint density at radius 2 is 2.00 bits per heavy atom. The summed E-state index contributed by atoms with van der Waals surface area (Å²) in [6.07, 6.45) is 5.41. The van der Waals surface area contributed by atoms with Crippen LogP contribution in [0.5, 0.6) is 0 Å². The molecule has 1 aliphatic carbocycles. The summed E-state index contributed by atoms with van der Waals surface area (Å²) < 4.78 is 5.46. The predicted octanol–water partition coefficient (Wildman–Crippen LogP) is 2.25. The smallest absolute Gasteiger partial charge is 0.154 e. The van der Waals surface area contributed by atoms with Crippen molar-refractivity contribution in [1.82, 2.24) is 0 Å². The second-order valence-corrected chi connectivity index (χ2v) is 3.10. The van der Waals surface area contributed by atoms with Crippen LogP contribution in [0.4, 0.5) is 0 Å². The molecule has 0 aromatic rings. The minimum absolute atomic E-state index is 0.424. The van der Waals surface area contributed by atoms with E-state index in [1.165, 1.54) is 6.42 Å². The Morgan fingerprint density at radius 1 is 1.36 bits per heavy atom. The molecular weight excluding hydrogens is 138 g/mol. The van der Waals surface area contributed by atoms with Crippen LogP contribution in [-0.4, -0.2) is 12.2 Å². The van der Waals surface area contributed by atoms with Crippen LogP contribution >= 0.6 is 0 Å². The lowest BCUT2D eigenvalue weighted by molar-refractivity contribution is -0.0206. The van der Waals surface area contributed by atoms with E-state index in [0.29, 0.717) is 6.61 Å². The van der Waals surface area contributed by atoms with Gasteiger partial charge in [-0.25, -0.2) is 0 Å². The van der Waals surface area contributed by atoms with Gasteiger partial charge in [-0.1, -0.05) is 6.42 Å². The van der Waals surface area contributed by atoms with E-state index in [4.69, 9.17) is 10.00 Å². The van der Waals surface area contributed by atoms with E-state index in [2.05, 4.69) is 6.07 Å². The number of nitriles is 1. The Balaban J connectivity index is 2.51. The number of rotatable bonds is 2. The first-order valence-corrected chi connectivity index (χ1v) is 4.38. The van der Waals surface area contributed by atoms with Crippen molar-refractivity contribution in [2.24, 2.45) is 0 Å². The van der Waals surface area contributed by atoms with E-state index in [1.807, 2.05) is 6.92 Å². The van der Waals surface area contributed by atoms with Gasteiger partial charge in [0.2, 0.25) is 0 Å². The summed E-state index contributed by atoms with van der Waals surface area (Å²) in [6.45, 7) is 2.61. The average molecular weight is 153 g/mol. The lowest BCUT2D eigenvalue weighted by atomic mass is 9.86. The number of hydrogen-bond donors (Lipinski definition) is 0. The minimum Gasteiger partial charge on any atom is -0.360 e. The van der Waals surface area contributed by atoms with Gasteiger partial charge in [-0.05, 0) is 32.6 Å². The van der Waals surface area contributed by atoms with Gasteiger partial charge >= 0.3 is 0 Å². The molecular formula is C9H15NO. The van der Waals surface area contributed by atoms with Crippen LogP contribution in [0.1, 0.15) is 39.0 Å². The lowest BCUT2D eigenvalue weighted by Gasteiger charge is -2.29. The van der Waals surface area contributed by atoms with Crippen molar-refractivity contribution in [2.75, 3.05) is 6.61 Å². The van der Waals surface area contributed by atoms with Crippen LogP contribution in [0.15, 0.2) is 0 Å². The minimum atomic E-state index is -0.424. The summed E-state index contributed by atoms with van der Waals surface area (Å²) in [6, 6.07) is 2.30. The van der Waals surface area contributed by atoms with Crippen LogP contribution in [0, 0.1) is 11.3 Å². The quantitative estimate of drug-likeness (QED) is 0.609. The summed E-state index contributed by atoms with van der Waals surface area (Å²) in [7, 11) is 0. The van der Waals surface area contributed by atoms with Crippen molar-refractivity contribution in [2.45, 2.75) is 44.6 Å². The molecule has 0 heterocycles. The molecule has 0 saturated heterocycles. The summed E-state index contributed by atoms with van der Waals surface area (Å²) >= 11 is 0. The molecule has 0 radical (unpaired) electrons. The predicted molar refractivity (Wildman–Crippen MR) is 43.1 cm³/mol. The van der Waals surface area contributed by atoms with E-state index < -0.39 is 5.60 Å². The van der Waals surface area contributed by atoms with Gasteiger partial charge in [0.1, 0.15) is 0 Å². The molecule has 0 aromatic heterocycles. The van der Waals surface area contributed by atoms with Crippen molar-refractivity contribution in [1.29, 1.82) is 5.26 Å². The topological polar surface area (TPSA) is 33.0 Å². The molecule has 1 saturated carbocycles. The molecule has 0 aliphatic heterocycles. The van der Waals surface area contributed by atoms with Crippen LogP contribution < -0.4 is 0 Å². The highest BCUT2D eigenvalue weighted by molar-refractivity contribution is 5.03. The maximum atomic E-state index is 8.90. The Kier molecular flexibility index (Phi) is 2.90. The molecule has 0 N–H and O–H groups in total. The highest BCUT2D eigenvalue weighted by Crippen LogP contribution is 2.30. The maximum Gasteiger partial charge on any atom is 0.154 e. The zero-order chi connectivity index (χ0) is 8.16. The van der Waals surface area contributed by atoms with Gasteiger partial charge in [0, 0.05) is 6.61 Å². The molecule has 11 heavy (non-hydrogen) atoms. The van der Waals surface area contributed by atoms with E-state index in [1.54, 1.807) is 0 Å². The molecule has 0 aromatic carbocycles. The van der Waals surface area contributed by atoms with Crippen molar-refractivity contribution >= 4 is 0 Å².